The quantitative estimate of drug-likeness (QED) is 0.104. The van der Waals surface area contributed by atoms with Gasteiger partial charge >= 0.3 is 5.97 Å². The van der Waals surface area contributed by atoms with Crippen LogP contribution >= 0.6 is 0 Å². The van der Waals surface area contributed by atoms with Crippen molar-refractivity contribution < 1.29 is 54.0 Å². The number of hydrogen-bond acceptors (Lipinski definition) is 16. The molecule has 6 rings (SSSR count). The average Bonchev–Trinajstić information content (AvgIpc) is 4.05. The van der Waals surface area contributed by atoms with E-state index in [1.54, 1.807) is 47.3 Å². The second-order valence-electron chi connectivity index (χ2n) is 22.6. The smallest absolute Gasteiger partial charge is 0.309 e. The predicted octanol–water partition coefficient (Wildman–Crippen LogP) is 4.59. The number of methoxy groups -OCH3 is 1. The Morgan fingerprint density at radius 3 is 2.31 bits per heavy atom. The summed E-state index contributed by atoms with van der Waals surface area (Å²) in [6.07, 6.45) is 3.89. The number of ether oxygens (including phenoxy) is 5. The summed E-state index contributed by atoms with van der Waals surface area (Å²) < 4.78 is 36.1. The average molecular weight is 1010 g/mol. The van der Waals surface area contributed by atoms with Crippen molar-refractivity contribution >= 4 is 5.97 Å². The van der Waals surface area contributed by atoms with Crippen molar-refractivity contribution in [2.24, 2.45) is 23.7 Å². The molecule has 2 aromatic heterocycles. The third-order valence-corrected chi connectivity index (χ3v) is 16.6. The summed E-state index contributed by atoms with van der Waals surface area (Å²) in [5.74, 6) is -3.08. The van der Waals surface area contributed by atoms with Crippen molar-refractivity contribution in [1.82, 2.24) is 34.3 Å². The molecular formula is C54H89N7O11. The number of benzene rings is 1. The summed E-state index contributed by atoms with van der Waals surface area (Å²) in [5.41, 5.74) is -1.20. The van der Waals surface area contributed by atoms with E-state index in [0.29, 0.717) is 25.9 Å². The van der Waals surface area contributed by atoms with E-state index >= 15 is 0 Å². The van der Waals surface area contributed by atoms with Crippen molar-refractivity contribution in [3.05, 3.63) is 60.4 Å². The molecule has 0 spiro atoms. The van der Waals surface area contributed by atoms with E-state index in [-0.39, 0.29) is 37.3 Å². The number of carbonyl (C=O) groups is 1. The molecule has 0 amide bonds. The first-order chi connectivity index (χ1) is 33.9. The fourth-order valence-electron chi connectivity index (χ4n) is 12.1. The van der Waals surface area contributed by atoms with Gasteiger partial charge in [0.25, 0.3) is 0 Å². The number of hydrogen-bond donors (Lipinski definition) is 5. The van der Waals surface area contributed by atoms with Gasteiger partial charge in [0.2, 0.25) is 0 Å². The van der Waals surface area contributed by atoms with Crippen LogP contribution in [0.2, 0.25) is 0 Å². The second-order valence-corrected chi connectivity index (χ2v) is 22.6. The Hall–Kier alpha value is -3.40. The first kappa shape index (κ1) is 57.9. The highest BCUT2D eigenvalue weighted by Gasteiger charge is 2.55. The summed E-state index contributed by atoms with van der Waals surface area (Å²) >= 11 is 0. The molecule has 3 aliphatic heterocycles. The van der Waals surface area contributed by atoms with Crippen LogP contribution < -0.4 is 0 Å². The lowest BCUT2D eigenvalue weighted by atomic mass is 9.68. The molecule has 3 saturated heterocycles. The SMILES string of the molecule is CC[C@H]1OC(=O)[C@H](C)C([C@H]2C[C@@](C)(OC)[C@@H](O)[C@H](C)O2)[C@H](C)[C@@H](O[C@@H]2O[C@H](C)C[C@H](N(C)CCc3cn(CCCCc4ccc(-n5ccnc5)cc4)nn3)[C@H]2O)[C@](C)(O)C[C@@H](C)CN(C)[C@H](C)[C@@H](O)[C@]1(C)O. The molecule has 5 heterocycles. The van der Waals surface area contributed by atoms with Gasteiger partial charge in [-0.2, -0.15) is 0 Å². The maximum absolute atomic E-state index is 14.6. The van der Waals surface area contributed by atoms with Crippen LogP contribution in [-0.2, 0) is 47.9 Å². The van der Waals surface area contributed by atoms with Crippen LogP contribution in [0.25, 0.3) is 5.69 Å². The lowest BCUT2D eigenvalue weighted by Gasteiger charge is -2.51. The first-order valence-corrected chi connectivity index (χ1v) is 26.5. The Balaban J connectivity index is 1.20. The zero-order valence-electron chi connectivity index (χ0n) is 45.4. The van der Waals surface area contributed by atoms with Crippen LogP contribution in [0.15, 0.2) is 49.2 Å². The molecule has 0 bridgehead atoms. The minimum Gasteiger partial charge on any atom is -0.459 e. The highest BCUT2D eigenvalue weighted by molar-refractivity contribution is 5.73. The number of esters is 1. The van der Waals surface area contributed by atoms with Gasteiger partial charge in [-0.3, -0.25) is 9.48 Å². The molecule has 1 unspecified atom stereocenters. The lowest BCUT2D eigenvalue weighted by molar-refractivity contribution is -0.302. The zero-order valence-corrected chi connectivity index (χ0v) is 45.4. The molecule has 1 aromatic carbocycles. The number of cyclic esters (lactones) is 1. The highest BCUT2D eigenvalue weighted by Crippen LogP contribution is 2.45. The Kier molecular flexibility index (Phi) is 19.7. The molecule has 0 aliphatic carbocycles. The van der Waals surface area contributed by atoms with E-state index in [1.165, 1.54) is 12.5 Å². The van der Waals surface area contributed by atoms with Crippen LogP contribution in [0.3, 0.4) is 0 Å². The van der Waals surface area contributed by atoms with Gasteiger partial charge in [0, 0.05) is 81.9 Å². The highest BCUT2D eigenvalue weighted by atomic mass is 16.7. The van der Waals surface area contributed by atoms with Crippen LogP contribution in [0.5, 0.6) is 0 Å². The van der Waals surface area contributed by atoms with Crippen molar-refractivity contribution in [3.63, 3.8) is 0 Å². The molecule has 3 fully saturated rings. The Morgan fingerprint density at radius 2 is 1.65 bits per heavy atom. The standard InChI is InChI=1S/C54H89N7O11/c1-14-44-54(10,67)47(63)37(6)59(12)30-33(2)28-52(8,66)49(35(4)45(36(5)50(65)71-44)43-29-53(9,68-13)48(64)38(7)70-43)72-51-46(62)42(27-34(3)69-51)58(11)25-22-40-31-61(57-56-40)24-16-15-17-39-18-20-41(21-19-39)60-26-23-55-32-60/h18-21,23,26,31-38,42-49,51,62-64,66-67H,14-17,22,24-25,27-30H2,1-13H3/t33-,34-,35+,36-,37-,38+,42+,43-,44-,45?,46-,47-,48+,49-,51+,52-,53-,54-/m1/s1. The summed E-state index contributed by atoms with van der Waals surface area (Å²) in [6.45, 7) is 19.9. The van der Waals surface area contributed by atoms with Crippen molar-refractivity contribution in [2.75, 3.05) is 34.3 Å². The van der Waals surface area contributed by atoms with Gasteiger partial charge < -0.3 is 63.6 Å². The number of carbonyl (C=O) groups excluding carboxylic acids is 1. The van der Waals surface area contributed by atoms with Gasteiger partial charge in [-0.05, 0) is 124 Å². The third kappa shape index (κ3) is 13.5. The van der Waals surface area contributed by atoms with Gasteiger partial charge in [-0.1, -0.05) is 45.0 Å². The predicted molar refractivity (Wildman–Crippen MR) is 272 cm³/mol. The molecule has 18 nitrogen and oxygen atoms in total. The molecule has 3 aliphatic rings. The number of aliphatic hydroxyl groups excluding tert-OH is 3. The molecule has 0 saturated carbocycles. The van der Waals surface area contributed by atoms with Crippen LogP contribution in [-0.4, -0.2) is 184 Å². The Labute approximate surface area is 428 Å². The van der Waals surface area contributed by atoms with Gasteiger partial charge in [0.05, 0.1) is 53.6 Å². The molecule has 5 N–H and O–H groups in total. The molecule has 18 atom stereocenters. The lowest BCUT2D eigenvalue weighted by Crippen LogP contribution is -2.62. The largest absolute Gasteiger partial charge is 0.459 e. The van der Waals surface area contributed by atoms with Crippen molar-refractivity contribution in [3.8, 4) is 5.69 Å². The topological polar surface area (TPSA) is 219 Å². The third-order valence-electron chi connectivity index (χ3n) is 16.6. The van der Waals surface area contributed by atoms with Crippen LogP contribution in [0.4, 0.5) is 0 Å². The monoisotopic (exact) mass is 1010 g/mol. The molecular weight excluding hydrogens is 923 g/mol. The summed E-state index contributed by atoms with van der Waals surface area (Å²) in [5, 5.41) is 69.0. The van der Waals surface area contributed by atoms with Crippen LogP contribution in [0, 0.1) is 23.7 Å². The Morgan fingerprint density at radius 1 is 0.944 bits per heavy atom. The maximum atomic E-state index is 14.6. The number of likely N-dealkylation sites (N-methyl/N-ethyl adjacent to an activating group) is 2. The molecule has 0 radical (unpaired) electrons. The molecule has 3 aromatic rings. The van der Waals surface area contributed by atoms with E-state index in [9.17, 15) is 30.3 Å². The van der Waals surface area contributed by atoms with E-state index in [2.05, 4.69) is 44.5 Å². The molecule has 18 heteroatoms. The van der Waals surface area contributed by atoms with Crippen molar-refractivity contribution in [2.45, 2.75) is 211 Å². The van der Waals surface area contributed by atoms with Gasteiger partial charge in [0.15, 0.2) is 6.29 Å². The fraction of sp³-hybridized carbons (Fsp3) is 0.778. The number of aromatic nitrogens is 5. The van der Waals surface area contributed by atoms with Crippen LogP contribution in [0.1, 0.15) is 119 Å². The number of rotatable bonds is 15. The Bertz CT molecular complexity index is 2120. The van der Waals surface area contributed by atoms with Gasteiger partial charge in [-0.15, -0.1) is 5.10 Å². The van der Waals surface area contributed by atoms with Gasteiger partial charge in [-0.25, -0.2) is 4.98 Å². The zero-order chi connectivity index (χ0) is 52.9. The van der Waals surface area contributed by atoms with E-state index in [1.807, 2.05) is 75.3 Å². The van der Waals surface area contributed by atoms with E-state index in [0.717, 1.165) is 37.2 Å². The number of imidazole rings is 1. The summed E-state index contributed by atoms with van der Waals surface area (Å²) in [6, 6.07) is 7.62. The van der Waals surface area contributed by atoms with E-state index in [4.69, 9.17) is 23.7 Å². The van der Waals surface area contributed by atoms with Crippen molar-refractivity contribution in [1.29, 1.82) is 0 Å². The molecule has 406 valence electrons. The second kappa shape index (κ2) is 24.5. The number of unbranched alkanes of at least 4 members (excludes halogenated alkanes) is 1. The minimum absolute atomic E-state index is 0.160. The minimum atomic E-state index is -1.81. The number of nitrogens with zero attached hydrogens (tertiary/aromatic N) is 7. The normalized spacial score (nSPS) is 39.1. The number of aryl methyl sites for hydroxylation is 2. The summed E-state index contributed by atoms with van der Waals surface area (Å²) in [7, 11) is 5.37. The first-order valence-electron chi connectivity index (χ1n) is 26.5. The van der Waals surface area contributed by atoms with E-state index < -0.39 is 95.6 Å². The molecule has 72 heavy (non-hydrogen) atoms. The fourth-order valence-corrected chi connectivity index (χ4v) is 12.1. The van der Waals surface area contributed by atoms with Gasteiger partial charge in [0.1, 0.15) is 30.0 Å². The maximum Gasteiger partial charge on any atom is 0.309 e. The summed E-state index contributed by atoms with van der Waals surface area (Å²) in [4.78, 5) is 22.8. The number of aliphatic hydroxyl groups is 5.